The fourth-order valence-corrected chi connectivity index (χ4v) is 13.5. The Kier molecular flexibility index (Phi) is 14.7. The number of nitrogens with zero attached hydrogens (tertiary/aromatic N) is 2. The van der Waals surface area contributed by atoms with Gasteiger partial charge >= 0.3 is 5.97 Å². The quantitative estimate of drug-likeness (QED) is 0.213. The number of halogens is 1. The molecule has 342 valence electrons. The molecule has 8 rings (SSSR count). The van der Waals surface area contributed by atoms with Crippen LogP contribution in [-0.4, -0.2) is 125 Å². The molecule has 3 saturated heterocycles. The lowest BCUT2D eigenvalue weighted by atomic mass is 9.67. The Morgan fingerprint density at radius 3 is 2.34 bits per heavy atom. The van der Waals surface area contributed by atoms with Crippen LogP contribution < -0.4 is 0 Å². The van der Waals surface area contributed by atoms with Crippen molar-refractivity contribution in [2.75, 3.05) is 35.4 Å². The van der Waals surface area contributed by atoms with Gasteiger partial charge in [-0.05, 0) is 103 Å². The molecular weight excluding hydrogens is 832 g/mol. The number of ether oxygens (including phenoxy) is 8. The van der Waals surface area contributed by atoms with Crippen LogP contribution in [0.3, 0.4) is 0 Å². The van der Waals surface area contributed by atoms with Crippen LogP contribution in [0.5, 0.6) is 0 Å². The number of aromatic nitrogens is 1. The van der Waals surface area contributed by atoms with E-state index in [0.29, 0.717) is 35.9 Å². The van der Waals surface area contributed by atoms with Crippen molar-refractivity contribution in [1.29, 1.82) is 0 Å². The summed E-state index contributed by atoms with van der Waals surface area (Å²) in [6, 6.07) is 8.11. The molecule has 14 heteroatoms. The van der Waals surface area contributed by atoms with E-state index in [1.165, 1.54) is 4.88 Å². The summed E-state index contributed by atoms with van der Waals surface area (Å²) in [5, 5.41) is 1.47. The van der Waals surface area contributed by atoms with E-state index in [1.807, 2.05) is 38.1 Å². The number of hydrogen-bond acceptors (Lipinski definition) is 13. The average molecular weight is 900 g/mol. The van der Waals surface area contributed by atoms with Gasteiger partial charge in [-0.15, -0.1) is 11.3 Å². The summed E-state index contributed by atoms with van der Waals surface area (Å²) in [6.07, 6.45) is 5.06. The third kappa shape index (κ3) is 8.98. The zero-order valence-corrected chi connectivity index (χ0v) is 39.4. The van der Waals surface area contributed by atoms with E-state index in [4.69, 9.17) is 54.5 Å². The van der Waals surface area contributed by atoms with E-state index in [0.717, 1.165) is 48.4 Å². The second-order valence-electron chi connectivity index (χ2n) is 18.8. The Labute approximate surface area is 376 Å². The molecular formula is C48H67ClN2O10S. The smallest absolute Gasteiger partial charge is 0.306 e. The van der Waals surface area contributed by atoms with Crippen molar-refractivity contribution in [1.82, 2.24) is 9.88 Å². The number of fused-ring (bicyclic) bond motifs is 8. The molecule has 2 aromatic rings. The zero-order chi connectivity index (χ0) is 44.0. The first kappa shape index (κ1) is 46.2. The fraction of sp³-hybridized carbons (Fsp3) is 0.729. The van der Waals surface area contributed by atoms with Crippen LogP contribution in [0.4, 0.5) is 0 Å². The van der Waals surface area contributed by atoms with E-state index in [1.54, 1.807) is 32.7 Å². The second kappa shape index (κ2) is 19.7. The highest BCUT2D eigenvalue weighted by molar-refractivity contribution is 7.15. The Balaban J connectivity index is 1.15. The number of methoxy groups -OCH3 is 3. The highest BCUT2D eigenvalue weighted by atomic mass is 35.5. The lowest BCUT2D eigenvalue weighted by Crippen LogP contribution is -2.59. The topological polar surface area (TPSA) is 124 Å². The molecule has 3 aliphatic carbocycles. The van der Waals surface area contributed by atoms with E-state index in [9.17, 15) is 4.79 Å². The summed E-state index contributed by atoms with van der Waals surface area (Å²) in [6.45, 7) is 8.15. The first-order chi connectivity index (χ1) is 29.8. The molecule has 1 aromatic heterocycles. The molecule has 1 saturated carbocycles. The van der Waals surface area contributed by atoms with Crippen molar-refractivity contribution >= 4 is 34.7 Å². The summed E-state index contributed by atoms with van der Waals surface area (Å²) in [5.74, 6) is -1.14. The summed E-state index contributed by atoms with van der Waals surface area (Å²) in [4.78, 5) is 38.1. The first-order valence-corrected chi connectivity index (χ1v) is 24.1. The number of thiazole rings is 1. The van der Waals surface area contributed by atoms with E-state index in [2.05, 4.69) is 38.9 Å². The number of hydrogen-bond donors (Lipinski definition) is 0. The highest BCUT2D eigenvalue weighted by Gasteiger charge is 2.57. The molecule has 0 radical (unpaired) electrons. The van der Waals surface area contributed by atoms with Gasteiger partial charge in [0.2, 0.25) is 0 Å². The van der Waals surface area contributed by atoms with E-state index >= 15 is 4.79 Å². The monoisotopic (exact) mass is 898 g/mol. The van der Waals surface area contributed by atoms with Gasteiger partial charge in [0.1, 0.15) is 29.4 Å². The third-order valence-corrected chi connectivity index (χ3v) is 16.6. The van der Waals surface area contributed by atoms with Crippen molar-refractivity contribution in [2.24, 2.45) is 23.7 Å². The minimum absolute atomic E-state index is 0.00204. The van der Waals surface area contributed by atoms with Gasteiger partial charge in [0, 0.05) is 61.5 Å². The zero-order valence-electron chi connectivity index (χ0n) is 37.8. The number of esters is 1. The van der Waals surface area contributed by atoms with Crippen LogP contribution in [-0.2, 0) is 47.5 Å². The Hall–Kier alpha value is -2.30. The number of benzene rings is 1. The third-order valence-electron chi connectivity index (χ3n) is 15.0. The fourth-order valence-electron chi connectivity index (χ4n) is 11.8. The normalized spacial score (nSPS) is 40.1. The predicted octanol–water partition coefficient (Wildman–Crippen LogP) is 8.34. The number of allylic oxidation sites excluding steroid dienone is 2. The Morgan fingerprint density at radius 2 is 1.65 bits per heavy atom. The van der Waals surface area contributed by atoms with Crippen molar-refractivity contribution in [2.45, 2.75) is 165 Å². The molecule has 6 aliphatic rings. The minimum Gasteiger partial charge on any atom is -0.462 e. The molecule has 3 aliphatic heterocycles. The molecule has 12 nitrogen and oxygen atoms in total. The standard InChI is InChI=1S/C48H67ClN2O10S/c1-10-27-14-13-17-37(61-39-19-18-36(51(5)6)25(3)57-39)24(2)42(53)33-22-31-30-20-28(60-48-45(56-9)44(55-8)43(54-7)26(4)58-48)21-34(30)46-41(40(31)32(33)23-38(52)59-27)50-47(62-46)29-15-11-12-16-35(29)49/h11-12,15-16,22,24-28,30-32,34,36-37,39-40,43-45,48H,10,13-14,17-21,23H2,1-9H3/t24-,25?,26?,27+,28+,30+,31+,32-,34-,36+,37+,39+,40-,43+,44?,45+,48+/m1/s1. The summed E-state index contributed by atoms with van der Waals surface area (Å²) in [7, 11) is 9.14. The molecule has 1 aromatic carbocycles. The number of rotatable bonds is 10. The first-order valence-electron chi connectivity index (χ1n) is 22.9. The van der Waals surface area contributed by atoms with Crippen LogP contribution in [0, 0.1) is 23.7 Å². The van der Waals surface area contributed by atoms with Gasteiger partial charge in [0.25, 0.3) is 0 Å². The number of likely N-dealkylation sites (N-methyl/N-ethyl adjacent to an activating group) is 1. The van der Waals surface area contributed by atoms with Gasteiger partial charge in [-0.3, -0.25) is 9.59 Å². The minimum atomic E-state index is -0.672. The van der Waals surface area contributed by atoms with E-state index < -0.39 is 30.5 Å². The van der Waals surface area contributed by atoms with Crippen LogP contribution in [0.25, 0.3) is 10.6 Å². The largest absolute Gasteiger partial charge is 0.462 e. The lowest BCUT2D eigenvalue weighted by molar-refractivity contribution is -0.314. The molecule has 0 amide bonds. The van der Waals surface area contributed by atoms with Gasteiger partial charge in [-0.1, -0.05) is 49.7 Å². The van der Waals surface area contributed by atoms with E-state index in [-0.39, 0.29) is 84.6 Å². The summed E-state index contributed by atoms with van der Waals surface area (Å²) >= 11 is 8.50. The maximum absolute atomic E-state index is 15.2. The molecule has 4 heterocycles. The SMILES string of the molecule is CC[C@H]1CCC[C@H](O[C@H]2CC[C@H](N(C)C)C(C)O2)[C@@H](C)C(=O)C2=C[C@H]3[C@@H]4C[C@H](O[C@@H]5OC(C)[C@H](OC)C(OC)[C@@H]5OC)C[C@H]4c4sc(-c5ccccc5Cl)nc4[C@H]3[C@@H]2CC(=O)O1. The van der Waals surface area contributed by atoms with Gasteiger partial charge in [-0.25, -0.2) is 4.98 Å². The molecule has 4 fully saturated rings. The molecule has 62 heavy (non-hydrogen) atoms. The van der Waals surface area contributed by atoms with Crippen molar-refractivity contribution < 1.29 is 47.5 Å². The Morgan fingerprint density at radius 1 is 0.887 bits per heavy atom. The number of Topliss-reactive ketones (excluding diaryl/α,β-unsaturated/α-hetero) is 1. The van der Waals surface area contributed by atoms with Gasteiger partial charge < -0.3 is 42.8 Å². The average Bonchev–Trinajstić information content (AvgIpc) is 3.97. The van der Waals surface area contributed by atoms with Crippen molar-refractivity contribution in [3.63, 3.8) is 0 Å². The number of ketones is 1. The summed E-state index contributed by atoms with van der Waals surface area (Å²) in [5.41, 5.74) is 2.51. The molecule has 0 N–H and O–H groups in total. The molecule has 0 spiro atoms. The predicted molar refractivity (Wildman–Crippen MR) is 236 cm³/mol. The molecule has 0 bridgehead atoms. The van der Waals surface area contributed by atoms with Gasteiger partial charge in [-0.2, -0.15) is 0 Å². The van der Waals surface area contributed by atoms with Crippen LogP contribution in [0.1, 0.15) is 108 Å². The highest BCUT2D eigenvalue weighted by Crippen LogP contribution is 2.63. The van der Waals surface area contributed by atoms with Crippen LogP contribution in [0.15, 0.2) is 35.9 Å². The lowest BCUT2D eigenvalue weighted by Gasteiger charge is -2.44. The van der Waals surface area contributed by atoms with Gasteiger partial charge in [0.05, 0.1) is 41.6 Å². The van der Waals surface area contributed by atoms with Gasteiger partial charge in [0.15, 0.2) is 18.4 Å². The molecule has 3 unspecified atom stereocenters. The molecule has 17 atom stereocenters. The van der Waals surface area contributed by atoms with Crippen LogP contribution >= 0.6 is 22.9 Å². The number of carbonyl (C=O) groups excluding carboxylic acids is 2. The maximum atomic E-state index is 15.2. The maximum Gasteiger partial charge on any atom is 0.306 e. The van der Waals surface area contributed by atoms with Crippen LogP contribution in [0.2, 0.25) is 5.02 Å². The van der Waals surface area contributed by atoms with Crippen molar-refractivity contribution in [3.8, 4) is 10.6 Å². The number of cyclic esters (lactones) is 1. The van der Waals surface area contributed by atoms with Crippen molar-refractivity contribution in [3.05, 3.63) is 51.5 Å². The second-order valence-corrected chi connectivity index (χ2v) is 20.2. The Bertz CT molecular complexity index is 1930. The number of carbonyl (C=O) groups is 2. The summed E-state index contributed by atoms with van der Waals surface area (Å²) < 4.78 is 50.6.